The molecule has 0 rings (SSSR count). The maximum Gasteiger partial charge on any atom is 0.0590 e. The Morgan fingerprint density at radius 2 is 1.86 bits per heavy atom. The quantitative estimate of drug-likeness (QED) is 0.199. The largest absolute Gasteiger partial charge is 0.302 e. The van der Waals surface area contributed by atoms with Gasteiger partial charge < -0.3 is 5.32 Å². The molecule has 0 aliphatic carbocycles. The van der Waals surface area contributed by atoms with Crippen molar-refractivity contribution in [2.75, 3.05) is 20.3 Å². The number of nitrogens with one attached hydrogen (secondary N) is 5. The Bertz CT molecular complexity index is 118. The van der Waals surface area contributed by atoms with Crippen LogP contribution in [0, 0.1) is 0 Å². The van der Waals surface area contributed by atoms with Gasteiger partial charge in [-0.3, -0.25) is 16.3 Å². The van der Waals surface area contributed by atoms with Gasteiger partial charge in [-0.1, -0.05) is 6.92 Å². The summed E-state index contributed by atoms with van der Waals surface area (Å²) < 4.78 is 0. The van der Waals surface area contributed by atoms with E-state index in [9.17, 15) is 0 Å². The second kappa shape index (κ2) is 9.36. The van der Waals surface area contributed by atoms with Crippen LogP contribution < -0.4 is 27.0 Å². The van der Waals surface area contributed by atoms with E-state index in [1.807, 2.05) is 7.05 Å². The normalized spacial score (nSPS) is 13.5. The van der Waals surface area contributed by atoms with Gasteiger partial charge in [-0.2, -0.15) is 0 Å². The molecule has 0 saturated carbocycles. The van der Waals surface area contributed by atoms with E-state index in [-0.39, 0.29) is 0 Å². The number of hydrazine groups is 2. The SMILES string of the molecule is CCC(CNCNNC(C)C)NNC. The van der Waals surface area contributed by atoms with Gasteiger partial charge in [-0.05, 0) is 27.3 Å². The van der Waals surface area contributed by atoms with Crippen LogP contribution in [-0.4, -0.2) is 32.3 Å². The van der Waals surface area contributed by atoms with Gasteiger partial charge in [0.2, 0.25) is 0 Å². The summed E-state index contributed by atoms with van der Waals surface area (Å²) in [7, 11) is 1.89. The fourth-order valence-electron chi connectivity index (χ4n) is 1.07. The molecule has 14 heavy (non-hydrogen) atoms. The van der Waals surface area contributed by atoms with E-state index in [4.69, 9.17) is 0 Å². The van der Waals surface area contributed by atoms with Crippen LogP contribution in [0.25, 0.3) is 0 Å². The lowest BCUT2D eigenvalue weighted by atomic mass is 10.2. The highest BCUT2D eigenvalue weighted by Gasteiger charge is 2.02. The Kier molecular flexibility index (Phi) is 9.23. The van der Waals surface area contributed by atoms with Crippen LogP contribution in [0.3, 0.4) is 0 Å². The molecule has 0 heterocycles. The van der Waals surface area contributed by atoms with E-state index in [0.717, 1.165) is 19.6 Å². The van der Waals surface area contributed by atoms with Gasteiger partial charge in [-0.15, -0.1) is 0 Å². The minimum absolute atomic E-state index is 0.467. The van der Waals surface area contributed by atoms with E-state index in [1.165, 1.54) is 0 Å². The van der Waals surface area contributed by atoms with E-state index < -0.39 is 0 Å². The molecule has 5 N–H and O–H groups in total. The first kappa shape index (κ1) is 13.8. The first-order chi connectivity index (χ1) is 6.70. The summed E-state index contributed by atoms with van der Waals surface area (Å²) in [5, 5.41) is 3.30. The number of hydrogen-bond acceptors (Lipinski definition) is 5. The highest BCUT2D eigenvalue weighted by molar-refractivity contribution is 4.64. The molecule has 0 aromatic carbocycles. The van der Waals surface area contributed by atoms with Crippen molar-refractivity contribution in [1.82, 2.24) is 27.0 Å². The van der Waals surface area contributed by atoms with Gasteiger partial charge in [0.15, 0.2) is 0 Å². The predicted molar refractivity (Wildman–Crippen MR) is 60.6 cm³/mol. The minimum atomic E-state index is 0.467. The van der Waals surface area contributed by atoms with Crippen LogP contribution in [0.1, 0.15) is 27.2 Å². The molecule has 5 nitrogen and oxygen atoms in total. The summed E-state index contributed by atoms with van der Waals surface area (Å²) in [6, 6.07) is 0.940. The van der Waals surface area contributed by atoms with Crippen molar-refractivity contribution < 1.29 is 0 Å². The molecule has 0 aromatic rings. The van der Waals surface area contributed by atoms with E-state index in [2.05, 4.69) is 47.8 Å². The van der Waals surface area contributed by atoms with E-state index >= 15 is 0 Å². The zero-order valence-electron chi connectivity index (χ0n) is 9.78. The fraction of sp³-hybridized carbons (Fsp3) is 1.00. The molecule has 1 atom stereocenters. The second-order valence-electron chi connectivity index (χ2n) is 3.61. The topological polar surface area (TPSA) is 60.1 Å². The van der Waals surface area contributed by atoms with Crippen LogP contribution in [0.5, 0.6) is 0 Å². The fourth-order valence-corrected chi connectivity index (χ4v) is 1.07. The van der Waals surface area contributed by atoms with E-state index in [1.54, 1.807) is 0 Å². The van der Waals surface area contributed by atoms with Gasteiger partial charge in [0.05, 0.1) is 6.67 Å². The summed E-state index contributed by atoms with van der Waals surface area (Å²) >= 11 is 0. The van der Waals surface area contributed by atoms with Crippen LogP contribution in [0.4, 0.5) is 0 Å². The van der Waals surface area contributed by atoms with Gasteiger partial charge in [-0.25, -0.2) is 5.43 Å². The molecular weight excluding hydrogens is 178 g/mol. The average molecular weight is 203 g/mol. The third kappa shape index (κ3) is 8.40. The summed E-state index contributed by atoms with van der Waals surface area (Å²) in [5.74, 6) is 0. The smallest absolute Gasteiger partial charge is 0.0590 e. The molecule has 0 aliphatic heterocycles. The molecule has 86 valence electrons. The lowest BCUT2D eigenvalue weighted by Crippen LogP contribution is -2.48. The molecule has 0 amide bonds. The summed E-state index contributed by atoms with van der Waals surface area (Å²) in [4.78, 5) is 0. The zero-order valence-corrected chi connectivity index (χ0v) is 9.78. The molecule has 0 saturated heterocycles. The van der Waals surface area contributed by atoms with Crippen molar-refractivity contribution >= 4 is 0 Å². The highest BCUT2D eigenvalue weighted by atomic mass is 15.4. The molecule has 0 fully saturated rings. The summed E-state index contributed by atoms with van der Waals surface area (Å²) in [6.07, 6.45) is 1.10. The average Bonchev–Trinajstić information content (AvgIpc) is 2.15. The molecule has 1 unspecified atom stereocenters. The molecular formula is C9H25N5. The standard InChI is InChI=1S/C9H25N5/c1-5-9(14-10-4)6-11-7-12-13-8(2)3/h8-14H,5-7H2,1-4H3. The van der Waals surface area contributed by atoms with Crippen LogP contribution in [0.2, 0.25) is 0 Å². The first-order valence-electron chi connectivity index (χ1n) is 5.32. The number of rotatable bonds is 9. The van der Waals surface area contributed by atoms with Crippen LogP contribution in [-0.2, 0) is 0 Å². The summed E-state index contributed by atoms with van der Waals surface area (Å²) in [6.45, 7) is 8.09. The third-order valence-corrected chi connectivity index (χ3v) is 1.84. The van der Waals surface area contributed by atoms with Crippen molar-refractivity contribution in [2.45, 2.75) is 39.3 Å². The van der Waals surface area contributed by atoms with Crippen molar-refractivity contribution in [3.05, 3.63) is 0 Å². The molecule has 5 heteroatoms. The van der Waals surface area contributed by atoms with Gasteiger partial charge >= 0.3 is 0 Å². The molecule has 0 aromatic heterocycles. The first-order valence-corrected chi connectivity index (χ1v) is 5.32. The van der Waals surface area contributed by atoms with Gasteiger partial charge in [0.1, 0.15) is 0 Å². The van der Waals surface area contributed by atoms with Crippen LogP contribution in [0.15, 0.2) is 0 Å². The molecule has 0 aliphatic rings. The zero-order chi connectivity index (χ0) is 10.8. The Morgan fingerprint density at radius 3 is 2.36 bits per heavy atom. The molecule has 0 bridgehead atoms. The predicted octanol–water partition coefficient (Wildman–Crippen LogP) is -0.461. The minimum Gasteiger partial charge on any atom is -0.302 e. The van der Waals surface area contributed by atoms with Crippen molar-refractivity contribution in [3.63, 3.8) is 0 Å². The highest BCUT2D eigenvalue weighted by Crippen LogP contribution is 1.85. The number of hydrogen-bond donors (Lipinski definition) is 5. The molecule has 0 radical (unpaired) electrons. The Labute approximate surface area is 87.3 Å². The van der Waals surface area contributed by atoms with Crippen molar-refractivity contribution in [1.29, 1.82) is 0 Å². The lowest BCUT2D eigenvalue weighted by Gasteiger charge is -2.17. The van der Waals surface area contributed by atoms with Gasteiger partial charge in [0, 0.05) is 18.6 Å². The Hall–Kier alpha value is -0.200. The van der Waals surface area contributed by atoms with Crippen molar-refractivity contribution in [2.24, 2.45) is 0 Å². The van der Waals surface area contributed by atoms with Crippen molar-refractivity contribution in [3.8, 4) is 0 Å². The maximum atomic E-state index is 3.30. The monoisotopic (exact) mass is 203 g/mol. The lowest BCUT2D eigenvalue weighted by molar-refractivity contribution is 0.392. The summed E-state index contributed by atoms with van der Waals surface area (Å²) in [5.41, 5.74) is 12.3. The Morgan fingerprint density at radius 1 is 1.14 bits per heavy atom. The second-order valence-corrected chi connectivity index (χ2v) is 3.61. The van der Waals surface area contributed by atoms with E-state index in [0.29, 0.717) is 12.1 Å². The molecule has 0 spiro atoms. The van der Waals surface area contributed by atoms with Crippen LogP contribution >= 0.6 is 0 Å². The maximum absolute atomic E-state index is 3.30. The Balaban J connectivity index is 3.24. The third-order valence-electron chi connectivity index (χ3n) is 1.84. The van der Waals surface area contributed by atoms with Gasteiger partial charge in [0.25, 0.3) is 0 Å².